The van der Waals surface area contributed by atoms with E-state index in [1.807, 2.05) is 19.2 Å². The second kappa shape index (κ2) is 4.74. The van der Waals surface area contributed by atoms with E-state index >= 15 is 0 Å². The molecular weight excluding hydrogens is 239 g/mol. The summed E-state index contributed by atoms with van der Waals surface area (Å²) < 4.78 is 13.6. The fourth-order valence-electron chi connectivity index (χ4n) is 2.98. The quantitative estimate of drug-likeness (QED) is 0.895. The molecule has 2 unspecified atom stereocenters. The molecule has 0 saturated heterocycles. The Labute approximate surface area is 112 Å². The van der Waals surface area contributed by atoms with Gasteiger partial charge in [0.15, 0.2) is 0 Å². The van der Waals surface area contributed by atoms with Crippen molar-refractivity contribution in [2.75, 3.05) is 0 Å². The van der Waals surface area contributed by atoms with Gasteiger partial charge in [-0.1, -0.05) is 12.1 Å². The van der Waals surface area contributed by atoms with E-state index in [-0.39, 0.29) is 17.8 Å². The highest BCUT2D eigenvalue weighted by Crippen LogP contribution is 2.39. The predicted octanol–water partition coefficient (Wildman–Crippen LogP) is 3.32. The van der Waals surface area contributed by atoms with Crippen LogP contribution in [0.1, 0.15) is 47.7 Å². The molecule has 0 amide bonds. The molecule has 0 saturated carbocycles. The Kier molecular flexibility index (Phi) is 3.07. The zero-order chi connectivity index (χ0) is 13.4. The summed E-state index contributed by atoms with van der Waals surface area (Å²) >= 11 is 0. The van der Waals surface area contributed by atoms with Crippen LogP contribution < -0.4 is 5.73 Å². The number of benzene rings is 1. The van der Waals surface area contributed by atoms with E-state index in [4.69, 9.17) is 5.73 Å². The van der Waals surface area contributed by atoms with Gasteiger partial charge in [0.25, 0.3) is 0 Å². The van der Waals surface area contributed by atoms with Crippen molar-refractivity contribution in [1.29, 1.82) is 0 Å². The highest BCUT2D eigenvalue weighted by atomic mass is 19.1. The summed E-state index contributed by atoms with van der Waals surface area (Å²) in [5.41, 5.74) is 10.4. The summed E-state index contributed by atoms with van der Waals surface area (Å²) in [7, 11) is 0. The number of nitrogens with two attached hydrogens (primary N) is 1. The van der Waals surface area contributed by atoms with Gasteiger partial charge in [-0.2, -0.15) is 0 Å². The number of aromatic nitrogens is 1. The van der Waals surface area contributed by atoms with Crippen molar-refractivity contribution in [2.45, 2.75) is 31.7 Å². The van der Waals surface area contributed by atoms with Crippen LogP contribution in [-0.4, -0.2) is 4.98 Å². The van der Waals surface area contributed by atoms with Crippen LogP contribution in [0.4, 0.5) is 4.39 Å². The summed E-state index contributed by atoms with van der Waals surface area (Å²) in [5, 5.41) is 0. The largest absolute Gasteiger partial charge is 0.324 e. The molecule has 1 aliphatic rings. The van der Waals surface area contributed by atoms with E-state index in [2.05, 4.69) is 11.1 Å². The first-order valence-electron chi connectivity index (χ1n) is 6.65. The number of hydrogen-bond donors (Lipinski definition) is 1. The standard InChI is InChI=1S/C16H17FN2/c1-10(18)13-7-5-12(17)9-15(13)14-6-4-11-3-2-8-19-16(11)14/h2-3,5,7-10,14H,4,6,18H2,1H3. The molecule has 0 spiro atoms. The summed E-state index contributed by atoms with van der Waals surface area (Å²) in [6, 6.07) is 8.87. The molecule has 19 heavy (non-hydrogen) atoms. The second-order valence-electron chi connectivity index (χ2n) is 5.20. The molecule has 3 rings (SSSR count). The number of halogens is 1. The van der Waals surface area contributed by atoms with Crippen molar-refractivity contribution >= 4 is 0 Å². The Morgan fingerprint density at radius 1 is 1.37 bits per heavy atom. The number of rotatable bonds is 2. The van der Waals surface area contributed by atoms with E-state index < -0.39 is 0 Å². The molecule has 0 bridgehead atoms. The second-order valence-corrected chi connectivity index (χ2v) is 5.20. The number of aryl methyl sites for hydroxylation is 1. The van der Waals surface area contributed by atoms with Gasteiger partial charge in [0, 0.05) is 18.2 Å². The molecule has 1 aromatic heterocycles. The lowest BCUT2D eigenvalue weighted by molar-refractivity contribution is 0.617. The van der Waals surface area contributed by atoms with Crippen molar-refractivity contribution in [3.63, 3.8) is 0 Å². The molecule has 1 aromatic carbocycles. The van der Waals surface area contributed by atoms with Crippen LogP contribution in [0.25, 0.3) is 0 Å². The minimum Gasteiger partial charge on any atom is -0.324 e. The maximum atomic E-state index is 13.6. The van der Waals surface area contributed by atoms with Gasteiger partial charge >= 0.3 is 0 Å². The zero-order valence-corrected chi connectivity index (χ0v) is 10.9. The van der Waals surface area contributed by atoms with E-state index in [0.29, 0.717) is 0 Å². The summed E-state index contributed by atoms with van der Waals surface area (Å²) in [5.74, 6) is -0.0309. The van der Waals surface area contributed by atoms with Gasteiger partial charge in [-0.05, 0) is 54.7 Å². The Balaban J connectivity index is 2.11. The molecule has 98 valence electrons. The fourth-order valence-corrected chi connectivity index (χ4v) is 2.98. The molecule has 2 atom stereocenters. The third-order valence-corrected chi connectivity index (χ3v) is 3.87. The molecule has 1 aliphatic carbocycles. The third kappa shape index (κ3) is 2.15. The Bertz CT molecular complexity index is 607. The normalized spacial score (nSPS) is 19.2. The highest BCUT2D eigenvalue weighted by molar-refractivity contribution is 5.42. The summed E-state index contributed by atoms with van der Waals surface area (Å²) in [6.07, 6.45) is 3.79. The lowest BCUT2D eigenvalue weighted by Crippen LogP contribution is -2.11. The molecule has 2 nitrogen and oxygen atoms in total. The summed E-state index contributed by atoms with van der Waals surface area (Å²) in [4.78, 5) is 4.48. The van der Waals surface area contributed by atoms with Gasteiger partial charge in [-0.3, -0.25) is 4.98 Å². The van der Waals surface area contributed by atoms with Crippen molar-refractivity contribution in [3.05, 3.63) is 64.7 Å². The minimum absolute atomic E-state index is 0.0941. The first kappa shape index (κ1) is 12.3. The monoisotopic (exact) mass is 256 g/mol. The first-order valence-corrected chi connectivity index (χ1v) is 6.65. The molecule has 0 fully saturated rings. The van der Waals surface area contributed by atoms with Crippen molar-refractivity contribution in [2.24, 2.45) is 5.73 Å². The highest BCUT2D eigenvalue weighted by Gasteiger charge is 2.27. The van der Waals surface area contributed by atoms with Crippen LogP contribution in [0.15, 0.2) is 36.5 Å². The van der Waals surface area contributed by atoms with E-state index in [9.17, 15) is 4.39 Å². The minimum atomic E-state index is -0.205. The SMILES string of the molecule is CC(N)c1ccc(F)cc1C1CCc2cccnc21. The predicted molar refractivity (Wildman–Crippen MR) is 73.4 cm³/mol. The number of hydrogen-bond acceptors (Lipinski definition) is 2. The number of nitrogens with zero attached hydrogens (tertiary/aromatic N) is 1. The Morgan fingerprint density at radius 3 is 3.00 bits per heavy atom. The fraction of sp³-hybridized carbons (Fsp3) is 0.312. The van der Waals surface area contributed by atoms with Crippen LogP contribution in [0.2, 0.25) is 0 Å². The lowest BCUT2D eigenvalue weighted by atomic mass is 9.89. The molecule has 0 radical (unpaired) electrons. The number of pyridine rings is 1. The maximum absolute atomic E-state index is 13.6. The van der Waals surface area contributed by atoms with E-state index in [1.54, 1.807) is 12.1 Å². The first-order chi connectivity index (χ1) is 9.16. The van der Waals surface area contributed by atoms with Crippen LogP contribution in [0, 0.1) is 5.82 Å². The van der Waals surface area contributed by atoms with Gasteiger partial charge in [0.2, 0.25) is 0 Å². The lowest BCUT2D eigenvalue weighted by Gasteiger charge is -2.18. The zero-order valence-electron chi connectivity index (χ0n) is 10.9. The van der Waals surface area contributed by atoms with Crippen LogP contribution in [0.5, 0.6) is 0 Å². The number of fused-ring (bicyclic) bond motifs is 1. The van der Waals surface area contributed by atoms with Gasteiger partial charge in [0.05, 0.1) is 5.69 Å². The smallest absolute Gasteiger partial charge is 0.123 e. The average Bonchev–Trinajstić information content (AvgIpc) is 2.82. The molecule has 1 heterocycles. The van der Waals surface area contributed by atoms with Crippen LogP contribution in [-0.2, 0) is 6.42 Å². The van der Waals surface area contributed by atoms with E-state index in [0.717, 1.165) is 29.7 Å². The van der Waals surface area contributed by atoms with Crippen LogP contribution >= 0.6 is 0 Å². The van der Waals surface area contributed by atoms with Crippen molar-refractivity contribution in [3.8, 4) is 0 Å². The third-order valence-electron chi connectivity index (χ3n) is 3.87. The van der Waals surface area contributed by atoms with Crippen molar-refractivity contribution in [1.82, 2.24) is 4.98 Å². The van der Waals surface area contributed by atoms with Gasteiger partial charge < -0.3 is 5.73 Å². The molecule has 0 aliphatic heterocycles. The Morgan fingerprint density at radius 2 is 2.21 bits per heavy atom. The van der Waals surface area contributed by atoms with Gasteiger partial charge in [-0.15, -0.1) is 0 Å². The molecular formula is C16H17FN2. The van der Waals surface area contributed by atoms with Gasteiger partial charge in [-0.25, -0.2) is 4.39 Å². The van der Waals surface area contributed by atoms with Gasteiger partial charge in [0.1, 0.15) is 5.82 Å². The maximum Gasteiger partial charge on any atom is 0.123 e. The average molecular weight is 256 g/mol. The van der Waals surface area contributed by atoms with Crippen LogP contribution in [0.3, 0.4) is 0 Å². The topological polar surface area (TPSA) is 38.9 Å². The van der Waals surface area contributed by atoms with Crippen molar-refractivity contribution < 1.29 is 4.39 Å². The Hall–Kier alpha value is -1.74. The summed E-state index contributed by atoms with van der Waals surface area (Å²) in [6.45, 7) is 1.94. The molecule has 3 heteroatoms. The molecule has 2 aromatic rings. The molecule has 2 N–H and O–H groups in total. The van der Waals surface area contributed by atoms with E-state index in [1.165, 1.54) is 11.6 Å².